The van der Waals surface area contributed by atoms with Crippen LogP contribution in [0.15, 0.2) is 6.07 Å². The molecule has 2 heterocycles. The lowest BCUT2D eigenvalue weighted by Gasteiger charge is -2.26. The van der Waals surface area contributed by atoms with Crippen LogP contribution < -0.4 is 14.2 Å². The Morgan fingerprint density at radius 3 is 2.94 bits per heavy atom. The Morgan fingerprint density at radius 1 is 1.35 bits per heavy atom. The van der Waals surface area contributed by atoms with Crippen LogP contribution in [0.5, 0.6) is 17.2 Å². The number of nitrogens with zero attached hydrogens (tertiary/aromatic N) is 1. The van der Waals surface area contributed by atoms with E-state index in [2.05, 4.69) is 18.0 Å². The summed E-state index contributed by atoms with van der Waals surface area (Å²) in [7, 11) is 3.80. The van der Waals surface area contributed by atoms with Crippen molar-refractivity contribution in [2.75, 3.05) is 27.5 Å². The average molecular weight is 349 g/mol. The smallest absolute Gasteiger partial charge is 0.231 e. The van der Waals surface area contributed by atoms with E-state index in [9.17, 15) is 0 Å². The number of halogens is 1. The Morgan fingerprint density at radius 2 is 2.18 bits per heavy atom. The first-order chi connectivity index (χ1) is 7.79. The Labute approximate surface area is 118 Å². The highest BCUT2D eigenvalue weighted by atomic mass is 127. The number of likely N-dealkylation sites (N-methyl/N-ethyl adjacent to an activating group) is 1. The molecule has 0 unspecified atom stereocenters. The van der Waals surface area contributed by atoms with Crippen molar-refractivity contribution in [3.63, 3.8) is 0 Å². The third-order valence-corrected chi connectivity index (χ3v) is 3.21. The van der Waals surface area contributed by atoms with E-state index in [0.717, 1.165) is 36.8 Å². The maximum Gasteiger partial charge on any atom is 0.231 e. The summed E-state index contributed by atoms with van der Waals surface area (Å²) in [5.74, 6) is 2.42. The molecule has 0 bridgehead atoms. The molecule has 0 spiro atoms. The van der Waals surface area contributed by atoms with E-state index in [4.69, 9.17) is 14.2 Å². The summed E-state index contributed by atoms with van der Waals surface area (Å²) in [5, 5.41) is 0. The maximum absolute atomic E-state index is 5.47. The van der Waals surface area contributed by atoms with Gasteiger partial charge in [-0.3, -0.25) is 0 Å². The zero-order valence-electron chi connectivity index (χ0n) is 9.99. The average Bonchev–Trinajstić information content (AvgIpc) is 2.73. The van der Waals surface area contributed by atoms with Gasteiger partial charge in [-0.05, 0) is 25.1 Å². The molecule has 0 saturated heterocycles. The van der Waals surface area contributed by atoms with Crippen molar-refractivity contribution in [2.24, 2.45) is 0 Å². The van der Waals surface area contributed by atoms with Crippen molar-refractivity contribution in [3.8, 4) is 17.2 Å². The van der Waals surface area contributed by atoms with E-state index >= 15 is 0 Å². The van der Waals surface area contributed by atoms with Crippen molar-refractivity contribution >= 4 is 24.0 Å². The van der Waals surface area contributed by atoms with E-state index in [1.54, 1.807) is 7.11 Å². The first kappa shape index (κ1) is 12.8. The SMILES string of the molecule is COc1c2c(cc3c1OCO3)CCN(C)C2.I. The van der Waals surface area contributed by atoms with Gasteiger partial charge in [-0.1, -0.05) is 0 Å². The second-order valence-corrected chi connectivity index (χ2v) is 4.27. The van der Waals surface area contributed by atoms with Gasteiger partial charge in [-0.15, -0.1) is 24.0 Å². The zero-order valence-corrected chi connectivity index (χ0v) is 12.3. The number of rotatable bonds is 1. The van der Waals surface area contributed by atoms with Crippen LogP contribution in [0.25, 0.3) is 0 Å². The van der Waals surface area contributed by atoms with Gasteiger partial charge in [0.2, 0.25) is 12.5 Å². The summed E-state index contributed by atoms with van der Waals surface area (Å²) < 4.78 is 16.3. The van der Waals surface area contributed by atoms with Crippen LogP contribution in [0.4, 0.5) is 0 Å². The second-order valence-electron chi connectivity index (χ2n) is 4.27. The van der Waals surface area contributed by atoms with Crippen LogP contribution in [0.1, 0.15) is 11.1 Å². The Balaban J connectivity index is 0.00000108. The van der Waals surface area contributed by atoms with Gasteiger partial charge in [-0.2, -0.15) is 0 Å². The van der Waals surface area contributed by atoms with E-state index in [-0.39, 0.29) is 24.0 Å². The van der Waals surface area contributed by atoms with Crippen LogP contribution in [0.3, 0.4) is 0 Å². The first-order valence-electron chi connectivity index (χ1n) is 5.46. The molecule has 2 aliphatic rings. The molecule has 0 saturated carbocycles. The molecule has 0 radical (unpaired) electrons. The molecule has 0 amide bonds. The van der Waals surface area contributed by atoms with Crippen molar-refractivity contribution in [2.45, 2.75) is 13.0 Å². The number of hydrogen-bond donors (Lipinski definition) is 0. The van der Waals surface area contributed by atoms with Gasteiger partial charge in [0.25, 0.3) is 0 Å². The highest BCUT2D eigenvalue weighted by Gasteiger charge is 2.27. The minimum absolute atomic E-state index is 0. The quantitative estimate of drug-likeness (QED) is 0.726. The molecule has 0 fully saturated rings. The topological polar surface area (TPSA) is 30.9 Å². The number of ether oxygens (including phenoxy) is 3. The molecule has 0 aromatic heterocycles. The Hall–Kier alpha value is -0.690. The Kier molecular flexibility index (Phi) is 3.67. The maximum atomic E-state index is 5.47. The molecule has 5 heteroatoms. The summed E-state index contributed by atoms with van der Waals surface area (Å²) >= 11 is 0. The number of hydrogen-bond acceptors (Lipinski definition) is 4. The summed E-state index contributed by atoms with van der Waals surface area (Å²) in [5.41, 5.74) is 2.56. The molecular formula is C12H16INO3. The molecule has 1 aromatic carbocycles. The molecule has 17 heavy (non-hydrogen) atoms. The van der Waals surface area contributed by atoms with Crippen molar-refractivity contribution < 1.29 is 14.2 Å². The minimum atomic E-state index is 0. The van der Waals surface area contributed by atoms with Gasteiger partial charge >= 0.3 is 0 Å². The van der Waals surface area contributed by atoms with Crippen LogP contribution in [-0.2, 0) is 13.0 Å². The fourth-order valence-corrected chi connectivity index (χ4v) is 2.37. The third-order valence-electron chi connectivity index (χ3n) is 3.21. The fraction of sp³-hybridized carbons (Fsp3) is 0.500. The molecule has 0 aliphatic carbocycles. The summed E-state index contributed by atoms with van der Waals surface area (Å²) in [4.78, 5) is 2.28. The van der Waals surface area contributed by atoms with Crippen molar-refractivity contribution in [3.05, 3.63) is 17.2 Å². The number of fused-ring (bicyclic) bond motifs is 2. The van der Waals surface area contributed by atoms with Gasteiger partial charge in [0.05, 0.1) is 7.11 Å². The number of methoxy groups -OCH3 is 1. The lowest BCUT2D eigenvalue weighted by atomic mass is 9.98. The van der Waals surface area contributed by atoms with E-state index in [1.165, 1.54) is 11.1 Å². The molecule has 94 valence electrons. The highest BCUT2D eigenvalue weighted by molar-refractivity contribution is 14.0. The summed E-state index contributed by atoms with van der Waals surface area (Å²) in [6.07, 6.45) is 1.04. The second kappa shape index (κ2) is 4.89. The van der Waals surface area contributed by atoms with Crippen molar-refractivity contribution in [1.82, 2.24) is 4.90 Å². The molecular weight excluding hydrogens is 333 g/mol. The largest absolute Gasteiger partial charge is 0.492 e. The standard InChI is InChI=1S/C12H15NO3.HI/c1-13-4-3-8-5-10-12(16-7-15-10)11(14-2)9(8)6-13;/h5H,3-4,6-7H2,1-2H3;1H. The van der Waals surface area contributed by atoms with Crippen LogP contribution in [-0.4, -0.2) is 32.4 Å². The summed E-state index contributed by atoms with van der Waals surface area (Å²) in [6.45, 7) is 2.29. The predicted octanol–water partition coefficient (Wildman–Crippen LogP) is 2.03. The van der Waals surface area contributed by atoms with Crippen molar-refractivity contribution in [1.29, 1.82) is 0 Å². The van der Waals surface area contributed by atoms with E-state index in [1.807, 2.05) is 0 Å². The molecule has 3 rings (SSSR count). The molecule has 1 aromatic rings. The monoisotopic (exact) mass is 349 g/mol. The first-order valence-corrected chi connectivity index (χ1v) is 5.46. The van der Waals surface area contributed by atoms with Crippen LogP contribution >= 0.6 is 24.0 Å². The molecule has 0 atom stereocenters. The molecule has 4 nitrogen and oxygen atoms in total. The number of benzene rings is 1. The van der Waals surface area contributed by atoms with Gasteiger partial charge in [0.15, 0.2) is 11.5 Å². The van der Waals surface area contributed by atoms with Gasteiger partial charge in [-0.25, -0.2) is 0 Å². The highest BCUT2D eigenvalue weighted by Crippen LogP contribution is 2.46. The predicted molar refractivity (Wildman–Crippen MR) is 74.6 cm³/mol. The lowest BCUT2D eigenvalue weighted by Crippen LogP contribution is -2.26. The molecule has 0 N–H and O–H groups in total. The third kappa shape index (κ3) is 2.06. The Bertz CT molecular complexity index is 436. The zero-order chi connectivity index (χ0) is 11.1. The van der Waals surface area contributed by atoms with E-state index in [0.29, 0.717) is 6.79 Å². The molecule has 2 aliphatic heterocycles. The van der Waals surface area contributed by atoms with Gasteiger partial charge < -0.3 is 19.1 Å². The fourth-order valence-electron chi connectivity index (χ4n) is 2.37. The normalized spacial score (nSPS) is 17.3. The van der Waals surface area contributed by atoms with Gasteiger partial charge in [0, 0.05) is 18.7 Å². The lowest BCUT2D eigenvalue weighted by molar-refractivity contribution is 0.171. The van der Waals surface area contributed by atoms with Crippen LogP contribution in [0.2, 0.25) is 0 Å². The minimum Gasteiger partial charge on any atom is -0.492 e. The van der Waals surface area contributed by atoms with E-state index < -0.39 is 0 Å². The van der Waals surface area contributed by atoms with Crippen LogP contribution in [0, 0.1) is 0 Å². The summed E-state index contributed by atoms with van der Waals surface area (Å²) in [6, 6.07) is 2.09. The van der Waals surface area contributed by atoms with Gasteiger partial charge in [0.1, 0.15) is 0 Å².